The fraction of sp³-hybridized carbons (Fsp3) is 1.00. The van der Waals surface area contributed by atoms with Crippen molar-refractivity contribution in [1.29, 1.82) is 0 Å². The monoisotopic (exact) mass is 183 g/mol. The van der Waals surface area contributed by atoms with Gasteiger partial charge in [0.25, 0.3) is 0 Å². The molecule has 0 aliphatic heterocycles. The van der Waals surface area contributed by atoms with Crippen LogP contribution in [0.1, 0.15) is 52.9 Å². The van der Waals surface area contributed by atoms with Crippen LogP contribution in [0.15, 0.2) is 0 Å². The van der Waals surface area contributed by atoms with E-state index in [-0.39, 0.29) is 0 Å². The molecule has 1 fully saturated rings. The highest BCUT2D eigenvalue weighted by Gasteiger charge is 2.19. The van der Waals surface area contributed by atoms with Gasteiger partial charge >= 0.3 is 0 Å². The Morgan fingerprint density at radius 1 is 1.23 bits per heavy atom. The summed E-state index contributed by atoms with van der Waals surface area (Å²) in [7, 11) is 0. The molecule has 0 bridgehead atoms. The maximum Gasteiger partial charge on any atom is 0.00926 e. The van der Waals surface area contributed by atoms with Crippen molar-refractivity contribution in [2.24, 2.45) is 11.8 Å². The third-order valence-electron chi connectivity index (χ3n) is 3.24. The summed E-state index contributed by atoms with van der Waals surface area (Å²) in [6, 6.07) is 0.812. The van der Waals surface area contributed by atoms with Crippen molar-refractivity contribution >= 4 is 0 Å². The molecule has 13 heavy (non-hydrogen) atoms. The summed E-state index contributed by atoms with van der Waals surface area (Å²) in [4.78, 5) is 0. The number of hydrogen-bond donors (Lipinski definition) is 1. The van der Waals surface area contributed by atoms with E-state index in [0.717, 1.165) is 17.9 Å². The van der Waals surface area contributed by atoms with E-state index in [1.807, 2.05) is 0 Å². The molecule has 0 aromatic rings. The van der Waals surface area contributed by atoms with Crippen LogP contribution >= 0.6 is 0 Å². The molecule has 0 aromatic carbocycles. The average Bonchev–Trinajstić information content (AvgIpc) is 2.08. The molecule has 0 heterocycles. The molecular formula is C12H25N. The van der Waals surface area contributed by atoms with E-state index in [4.69, 9.17) is 0 Å². The minimum atomic E-state index is 0.812. The molecule has 0 unspecified atom stereocenters. The summed E-state index contributed by atoms with van der Waals surface area (Å²) >= 11 is 0. The first kappa shape index (κ1) is 11.0. The van der Waals surface area contributed by atoms with E-state index in [2.05, 4.69) is 26.1 Å². The van der Waals surface area contributed by atoms with Gasteiger partial charge in [-0.2, -0.15) is 0 Å². The zero-order valence-corrected chi connectivity index (χ0v) is 9.47. The third kappa shape index (κ3) is 4.12. The van der Waals surface area contributed by atoms with Crippen LogP contribution in [-0.2, 0) is 0 Å². The van der Waals surface area contributed by atoms with E-state index in [0.29, 0.717) is 0 Å². The topological polar surface area (TPSA) is 12.0 Å². The Hall–Kier alpha value is -0.0400. The molecule has 0 aromatic heterocycles. The zero-order valence-electron chi connectivity index (χ0n) is 9.47. The molecule has 0 amide bonds. The van der Waals surface area contributed by atoms with Crippen molar-refractivity contribution in [3.63, 3.8) is 0 Å². The van der Waals surface area contributed by atoms with Crippen LogP contribution in [0.4, 0.5) is 0 Å². The van der Waals surface area contributed by atoms with Gasteiger partial charge in [0.15, 0.2) is 0 Å². The maximum absolute atomic E-state index is 3.70. The second-order valence-corrected chi connectivity index (χ2v) is 5.00. The Kier molecular flexibility index (Phi) is 4.79. The lowest BCUT2D eigenvalue weighted by molar-refractivity contribution is 0.277. The first-order valence-electron chi connectivity index (χ1n) is 5.93. The smallest absolute Gasteiger partial charge is 0.00926 e. The molecule has 0 spiro atoms. The van der Waals surface area contributed by atoms with Crippen LogP contribution < -0.4 is 5.32 Å². The van der Waals surface area contributed by atoms with Gasteiger partial charge in [-0.25, -0.2) is 0 Å². The molecule has 2 atom stereocenters. The highest BCUT2D eigenvalue weighted by Crippen LogP contribution is 2.23. The van der Waals surface area contributed by atoms with Crippen molar-refractivity contribution in [2.45, 2.75) is 58.9 Å². The summed E-state index contributed by atoms with van der Waals surface area (Å²) < 4.78 is 0. The second kappa shape index (κ2) is 5.64. The zero-order chi connectivity index (χ0) is 9.68. The normalized spacial score (nSPS) is 29.5. The molecule has 0 radical (unpaired) electrons. The molecule has 1 aliphatic rings. The van der Waals surface area contributed by atoms with Crippen molar-refractivity contribution in [3.05, 3.63) is 0 Å². The maximum atomic E-state index is 3.70. The fourth-order valence-electron chi connectivity index (χ4n) is 2.18. The van der Waals surface area contributed by atoms with Crippen LogP contribution in [0.3, 0.4) is 0 Å². The standard InChI is InChI=1S/C12H25N/c1-10(2)8-9-13-12-7-5-4-6-11(12)3/h10-13H,4-9H2,1-3H3/t11-,12+/m0/s1. The van der Waals surface area contributed by atoms with Crippen LogP contribution in [0.25, 0.3) is 0 Å². The first-order valence-corrected chi connectivity index (χ1v) is 5.93. The van der Waals surface area contributed by atoms with Crippen LogP contribution in [-0.4, -0.2) is 12.6 Å². The third-order valence-corrected chi connectivity index (χ3v) is 3.24. The Morgan fingerprint density at radius 2 is 1.92 bits per heavy atom. The lowest BCUT2D eigenvalue weighted by Gasteiger charge is -2.29. The average molecular weight is 183 g/mol. The molecule has 1 heteroatoms. The van der Waals surface area contributed by atoms with E-state index < -0.39 is 0 Å². The van der Waals surface area contributed by atoms with Crippen LogP contribution in [0.2, 0.25) is 0 Å². The summed E-state index contributed by atoms with van der Waals surface area (Å²) in [5, 5.41) is 3.70. The lowest BCUT2D eigenvalue weighted by Crippen LogP contribution is -2.38. The van der Waals surface area contributed by atoms with E-state index in [9.17, 15) is 0 Å². The van der Waals surface area contributed by atoms with E-state index >= 15 is 0 Å². The molecule has 1 rings (SSSR count). The molecule has 78 valence electrons. The summed E-state index contributed by atoms with van der Waals surface area (Å²) in [5.41, 5.74) is 0. The largest absolute Gasteiger partial charge is 0.314 e. The van der Waals surface area contributed by atoms with Gasteiger partial charge in [-0.1, -0.05) is 33.6 Å². The minimum Gasteiger partial charge on any atom is -0.314 e. The molecule has 1 saturated carbocycles. The SMILES string of the molecule is CC(C)CCN[C@@H]1CCCC[C@@H]1C. The van der Waals surface area contributed by atoms with Gasteiger partial charge in [0.2, 0.25) is 0 Å². The van der Waals surface area contributed by atoms with E-state index in [1.165, 1.54) is 38.6 Å². The molecule has 1 nitrogen and oxygen atoms in total. The molecule has 1 N–H and O–H groups in total. The Labute approximate surface area is 83.3 Å². The molecule has 0 saturated heterocycles. The van der Waals surface area contributed by atoms with Gasteiger partial charge in [0.05, 0.1) is 0 Å². The van der Waals surface area contributed by atoms with Gasteiger partial charge in [-0.3, -0.25) is 0 Å². The predicted molar refractivity (Wildman–Crippen MR) is 58.9 cm³/mol. The molecule has 1 aliphatic carbocycles. The van der Waals surface area contributed by atoms with Gasteiger partial charge in [-0.15, -0.1) is 0 Å². The highest BCUT2D eigenvalue weighted by atomic mass is 14.9. The highest BCUT2D eigenvalue weighted by molar-refractivity contribution is 4.77. The number of nitrogens with one attached hydrogen (secondary N) is 1. The quantitative estimate of drug-likeness (QED) is 0.706. The Balaban J connectivity index is 2.11. The summed E-state index contributed by atoms with van der Waals surface area (Å²) in [6.45, 7) is 8.21. The lowest BCUT2D eigenvalue weighted by atomic mass is 9.86. The van der Waals surface area contributed by atoms with Crippen molar-refractivity contribution in [3.8, 4) is 0 Å². The van der Waals surface area contributed by atoms with Gasteiger partial charge in [0.1, 0.15) is 0 Å². The van der Waals surface area contributed by atoms with Crippen molar-refractivity contribution in [2.75, 3.05) is 6.54 Å². The van der Waals surface area contributed by atoms with Gasteiger partial charge in [0, 0.05) is 6.04 Å². The number of rotatable bonds is 4. The fourth-order valence-corrected chi connectivity index (χ4v) is 2.18. The Bertz CT molecular complexity index is 131. The van der Waals surface area contributed by atoms with Crippen molar-refractivity contribution in [1.82, 2.24) is 5.32 Å². The minimum absolute atomic E-state index is 0.812. The van der Waals surface area contributed by atoms with Crippen LogP contribution in [0.5, 0.6) is 0 Å². The van der Waals surface area contributed by atoms with Crippen LogP contribution in [0, 0.1) is 11.8 Å². The summed E-state index contributed by atoms with van der Waals surface area (Å²) in [6.07, 6.45) is 7.04. The Morgan fingerprint density at radius 3 is 2.54 bits per heavy atom. The molecular weight excluding hydrogens is 158 g/mol. The first-order chi connectivity index (χ1) is 6.20. The van der Waals surface area contributed by atoms with Gasteiger partial charge < -0.3 is 5.32 Å². The predicted octanol–water partition coefficient (Wildman–Crippen LogP) is 3.20. The van der Waals surface area contributed by atoms with Gasteiger partial charge in [-0.05, 0) is 37.6 Å². The summed E-state index contributed by atoms with van der Waals surface area (Å²) in [5.74, 6) is 1.74. The number of hydrogen-bond acceptors (Lipinski definition) is 1. The van der Waals surface area contributed by atoms with E-state index in [1.54, 1.807) is 0 Å². The second-order valence-electron chi connectivity index (χ2n) is 5.00. The van der Waals surface area contributed by atoms with Crippen molar-refractivity contribution < 1.29 is 0 Å².